The number of benzene rings is 2. The highest BCUT2D eigenvalue weighted by Gasteiger charge is 2.11. The highest BCUT2D eigenvalue weighted by Crippen LogP contribution is 2.24. The number of nitrogen functional groups attached to an aromatic ring is 1. The van der Waals surface area contributed by atoms with E-state index in [1.807, 2.05) is 31.2 Å². The fraction of sp³-hybridized carbons (Fsp3) is 0.200. The van der Waals surface area contributed by atoms with Crippen LogP contribution in [0.3, 0.4) is 0 Å². The molecule has 1 atom stereocenters. The van der Waals surface area contributed by atoms with Gasteiger partial charge in [0.05, 0.1) is 4.90 Å². The standard InChI is InChI=1S/C15H17NO3S/c1-11(12-6-8-13(16)9-7-12)19-14-4-3-5-15(10-14)20(2,17)18/h3-11H,16H2,1-2H3. The van der Waals surface area contributed by atoms with E-state index >= 15 is 0 Å². The highest BCUT2D eigenvalue weighted by atomic mass is 32.2. The first-order valence-corrected chi connectivity index (χ1v) is 8.07. The fourth-order valence-electron chi connectivity index (χ4n) is 1.82. The number of hydrogen-bond acceptors (Lipinski definition) is 4. The van der Waals surface area contributed by atoms with Crippen molar-refractivity contribution >= 4 is 15.5 Å². The highest BCUT2D eigenvalue weighted by molar-refractivity contribution is 7.90. The van der Waals surface area contributed by atoms with Crippen LogP contribution in [0.1, 0.15) is 18.6 Å². The first-order valence-electron chi connectivity index (χ1n) is 6.18. The molecule has 2 N–H and O–H groups in total. The Kier molecular flexibility index (Phi) is 3.99. The van der Waals surface area contributed by atoms with Crippen molar-refractivity contribution < 1.29 is 13.2 Å². The van der Waals surface area contributed by atoms with Crippen molar-refractivity contribution in [2.45, 2.75) is 17.9 Å². The molecule has 0 saturated heterocycles. The lowest BCUT2D eigenvalue weighted by Gasteiger charge is -2.15. The molecule has 4 nitrogen and oxygen atoms in total. The van der Waals surface area contributed by atoms with Crippen molar-refractivity contribution in [3.8, 4) is 5.75 Å². The Bertz CT molecular complexity index is 693. The number of hydrogen-bond donors (Lipinski definition) is 1. The van der Waals surface area contributed by atoms with Crippen LogP contribution in [-0.2, 0) is 9.84 Å². The number of ether oxygens (including phenoxy) is 1. The average Bonchev–Trinajstić information content (AvgIpc) is 2.38. The summed E-state index contributed by atoms with van der Waals surface area (Å²) in [4.78, 5) is 0.250. The Morgan fingerprint density at radius 3 is 2.35 bits per heavy atom. The third kappa shape index (κ3) is 3.51. The second-order valence-corrected chi connectivity index (χ2v) is 6.69. The van der Waals surface area contributed by atoms with Crippen molar-refractivity contribution in [1.82, 2.24) is 0 Å². The maximum atomic E-state index is 11.5. The second-order valence-electron chi connectivity index (χ2n) is 4.67. The van der Waals surface area contributed by atoms with Gasteiger partial charge >= 0.3 is 0 Å². The van der Waals surface area contributed by atoms with Crippen LogP contribution in [0.5, 0.6) is 5.75 Å². The average molecular weight is 291 g/mol. The van der Waals surface area contributed by atoms with Crippen LogP contribution in [-0.4, -0.2) is 14.7 Å². The van der Waals surface area contributed by atoms with E-state index in [-0.39, 0.29) is 11.0 Å². The zero-order valence-corrected chi connectivity index (χ0v) is 12.2. The molecular formula is C15H17NO3S. The van der Waals surface area contributed by atoms with E-state index < -0.39 is 9.84 Å². The first-order chi connectivity index (χ1) is 9.36. The summed E-state index contributed by atoms with van der Waals surface area (Å²) >= 11 is 0. The monoisotopic (exact) mass is 291 g/mol. The maximum absolute atomic E-state index is 11.5. The van der Waals surface area contributed by atoms with Crippen LogP contribution in [0.2, 0.25) is 0 Å². The molecule has 0 aliphatic heterocycles. The molecule has 0 amide bonds. The molecule has 0 heterocycles. The summed E-state index contributed by atoms with van der Waals surface area (Å²) in [6, 6.07) is 13.9. The van der Waals surface area contributed by atoms with Crippen LogP contribution in [0.25, 0.3) is 0 Å². The van der Waals surface area contributed by atoms with Crippen molar-refractivity contribution in [1.29, 1.82) is 0 Å². The van der Waals surface area contributed by atoms with E-state index in [0.29, 0.717) is 11.4 Å². The van der Waals surface area contributed by atoms with E-state index in [1.54, 1.807) is 18.2 Å². The number of nitrogens with two attached hydrogens (primary N) is 1. The molecule has 2 aromatic rings. The molecular weight excluding hydrogens is 274 g/mol. The normalized spacial score (nSPS) is 12.9. The van der Waals surface area contributed by atoms with Gasteiger partial charge in [0.15, 0.2) is 9.84 Å². The number of anilines is 1. The molecule has 2 rings (SSSR count). The molecule has 2 aromatic carbocycles. The maximum Gasteiger partial charge on any atom is 0.175 e. The Morgan fingerprint density at radius 1 is 1.10 bits per heavy atom. The Morgan fingerprint density at radius 2 is 1.75 bits per heavy atom. The largest absolute Gasteiger partial charge is 0.486 e. The van der Waals surface area contributed by atoms with Gasteiger partial charge in [0.1, 0.15) is 11.9 Å². The summed E-state index contributed by atoms with van der Waals surface area (Å²) in [5, 5.41) is 0. The van der Waals surface area contributed by atoms with Crippen molar-refractivity contribution in [2.24, 2.45) is 0 Å². The van der Waals surface area contributed by atoms with Gasteiger partial charge < -0.3 is 10.5 Å². The molecule has 1 unspecified atom stereocenters. The molecule has 106 valence electrons. The van der Waals surface area contributed by atoms with Crippen molar-refractivity contribution in [3.63, 3.8) is 0 Å². The van der Waals surface area contributed by atoms with Crippen LogP contribution < -0.4 is 10.5 Å². The van der Waals surface area contributed by atoms with Gasteiger partial charge in [-0.25, -0.2) is 8.42 Å². The molecule has 20 heavy (non-hydrogen) atoms. The number of rotatable bonds is 4. The van der Waals surface area contributed by atoms with Crippen molar-refractivity contribution in [2.75, 3.05) is 12.0 Å². The van der Waals surface area contributed by atoms with Gasteiger partial charge in [-0.05, 0) is 42.8 Å². The van der Waals surface area contributed by atoms with Crippen molar-refractivity contribution in [3.05, 3.63) is 54.1 Å². The van der Waals surface area contributed by atoms with Crippen LogP contribution in [0, 0.1) is 0 Å². The predicted octanol–water partition coefficient (Wildman–Crippen LogP) is 2.81. The predicted molar refractivity (Wildman–Crippen MR) is 79.4 cm³/mol. The van der Waals surface area contributed by atoms with Gasteiger partial charge in [0.2, 0.25) is 0 Å². The Labute approximate surface area is 119 Å². The molecule has 0 aliphatic rings. The lowest BCUT2D eigenvalue weighted by molar-refractivity contribution is 0.226. The van der Waals surface area contributed by atoms with Gasteiger partial charge in [0, 0.05) is 11.9 Å². The quantitative estimate of drug-likeness (QED) is 0.879. The summed E-state index contributed by atoms with van der Waals surface area (Å²) in [6.07, 6.45) is 0.987. The van der Waals surface area contributed by atoms with Gasteiger partial charge in [-0.1, -0.05) is 18.2 Å². The third-order valence-corrected chi connectivity index (χ3v) is 4.06. The van der Waals surface area contributed by atoms with E-state index in [9.17, 15) is 8.42 Å². The zero-order chi connectivity index (χ0) is 14.8. The minimum atomic E-state index is -3.23. The lowest BCUT2D eigenvalue weighted by atomic mass is 10.1. The van der Waals surface area contributed by atoms with E-state index in [0.717, 1.165) is 5.56 Å². The third-order valence-electron chi connectivity index (χ3n) is 2.95. The summed E-state index contributed by atoms with van der Waals surface area (Å²) < 4.78 is 28.8. The van der Waals surface area contributed by atoms with Crippen LogP contribution in [0.4, 0.5) is 5.69 Å². The molecule has 0 spiro atoms. The summed E-state index contributed by atoms with van der Waals surface area (Å²) in [7, 11) is -3.23. The van der Waals surface area contributed by atoms with Gasteiger partial charge in [0.25, 0.3) is 0 Å². The molecule has 0 radical (unpaired) electrons. The fourth-order valence-corrected chi connectivity index (χ4v) is 2.47. The number of sulfone groups is 1. The van der Waals surface area contributed by atoms with E-state index in [2.05, 4.69) is 0 Å². The van der Waals surface area contributed by atoms with E-state index in [4.69, 9.17) is 10.5 Å². The summed E-state index contributed by atoms with van der Waals surface area (Å²) in [5.41, 5.74) is 7.31. The first kappa shape index (κ1) is 14.4. The smallest absolute Gasteiger partial charge is 0.175 e. The minimum Gasteiger partial charge on any atom is -0.486 e. The van der Waals surface area contributed by atoms with Gasteiger partial charge in [-0.15, -0.1) is 0 Å². The Balaban J connectivity index is 2.20. The molecule has 0 bridgehead atoms. The van der Waals surface area contributed by atoms with Crippen LogP contribution >= 0.6 is 0 Å². The molecule has 0 saturated carbocycles. The minimum absolute atomic E-state index is 0.189. The molecule has 0 aromatic heterocycles. The summed E-state index contributed by atoms with van der Waals surface area (Å²) in [5.74, 6) is 0.525. The van der Waals surface area contributed by atoms with E-state index in [1.165, 1.54) is 12.3 Å². The van der Waals surface area contributed by atoms with Gasteiger partial charge in [-0.2, -0.15) is 0 Å². The topological polar surface area (TPSA) is 69.4 Å². The van der Waals surface area contributed by atoms with Gasteiger partial charge in [-0.3, -0.25) is 0 Å². The second kappa shape index (κ2) is 5.54. The zero-order valence-electron chi connectivity index (χ0n) is 11.4. The van der Waals surface area contributed by atoms with Crippen LogP contribution in [0.15, 0.2) is 53.4 Å². The Hall–Kier alpha value is -2.01. The summed E-state index contributed by atoms with van der Waals surface area (Å²) in [6.45, 7) is 1.90. The molecule has 5 heteroatoms. The molecule has 0 fully saturated rings. The molecule has 0 aliphatic carbocycles. The SMILES string of the molecule is CC(Oc1cccc(S(C)(=O)=O)c1)c1ccc(N)cc1. The lowest BCUT2D eigenvalue weighted by Crippen LogP contribution is -2.04.